The molecule has 0 aliphatic carbocycles. The molecule has 26 heavy (non-hydrogen) atoms. The lowest BCUT2D eigenvalue weighted by Gasteiger charge is -2.20. The Labute approximate surface area is 152 Å². The number of amides is 1. The van der Waals surface area contributed by atoms with E-state index >= 15 is 0 Å². The van der Waals surface area contributed by atoms with Crippen LogP contribution in [0, 0.1) is 6.92 Å². The number of carbonyl (C=O) groups excluding carboxylic acids is 1. The molecule has 0 radical (unpaired) electrons. The molecular weight excluding hydrogens is 332 g/mol. The molecule has 0 spiro atoms. The normalized spacial score (nSPS) is 12.2. The van der Waals surface area contributed by atoms with Gasteiger partial charge >= 0.3 is 0 Å². The van der Waals surface area contributed by atoms with Crippen molar-refractivity contribution in [3.63, 3.8) is 0 Å². The van der Waals surface area contributed by atoms with Crippen molar-refractivity contribution < 1.29 is 9.21 Å². The van der Waals surface area contributed by atoms with Gasteiger partial charge in [-0.05, 0) is 34.1 Å². The van der Waals surface area contributed by atoms with Gasteiger partial charge in [0.2, 0.25) is 5.91 Å². The van der Waals surface area contributed by atoms with Crippen molar-refractivity contribution in [1.82, 2.24) is 19.5 Å². The van der Waals surface area contributed by atoms with E-state index < -0.39 is 0 Å². The van der Waals surface area contributed by atoms with Gasteiger partial charge in [-0.25, -0.2) is 4.68 Å². The SMILES string of the molecule is CCc1nn(CCCC(=O)NC(C)(C)C)c(=O)c2cc3oc(C)cc3n12. The number of aryl methyl sites for hydroxylation is 3. The van der Waals surface area contributed by atoms with Crippen LogP contribution >= 0.6 is 0 Å². The van der Waals surface area contributed by atoms with Crippen molar-refractivity contribution in [3.8, 4) is 0 Å². The number of hydrogen-bond acceptors (Lipinski definition) is 4. The third kappa shape index (κ3) is 3.52. The highest BCUT2D eigenvalue weighted by atomic mass is 16.3. The molecule has 0 saturated heterocycles. The minimum absolute atomic E-state index is 0.0157. The Hall–Kier alpha value is -2.57. The smallest absolute Gasteiger partial charge is 0.291 e. The van der Waals surface area contributed by atoms with Crippen LogP contribution in [0.25, 0.3) is 16.6 Å². The van der Waals surface area contributed by atoms with E-state index in [0.717, 1.165) is 17.1 Å². The Balaban J connectivity index is 1.87. The van der Waals surface area contributed by atoms with Gasteiger partial charge in [0, 0.05) is 37.1 Å². The lowest BCUT2D eigenvalue weighted by molar-refractivity contribution is -0.122. The molecule has 140 valence electrons. The summed E-state index contributed by atoms with van der Waals surface area (Å²) in [6.45, 7) is 10.1. The van der Waals surface area contributed by atoms with Crippen molar-refractivity contribution in [3.05, 3.63) is 34.1 Å². The fourth-order valence-corrected chi connectivity index (χ4v) is 3.16. The standard InChI is InChI=1S/C19H26N4O3/c1-6-16-21-22(9-7-8-17(24)20-19(3,4)5)18(25)14-11-15-13(23(14)16)10-12(2)26-15/h10-11H,6-9H2,1-5H3,(H,20,24). The minimum atomic E-state index is -0.251. The van der Waals surface area contributed by atoms with Crippen LogP contribution in [0.2, 0.25) is 0 Å². The highest BCUT2D eigenvalue weighted by Crippen LogP contribution is 2.23. The molecule has 3 aromatic heterocycles. The number of hydrogen-bond donors (Lipinski definition) is 1. The van der Waals surface area contributed by atoms with Gasteiger partial charge in [-0.1, -0.05) is 6.92 Å². The highest BCUT2D eigenvalue weighted by Gasteiger charge is 2.17. The summed E-state index contributed by atoms with van der Waals surface area (Å²) in [5.41, 5.74) is 1.71. The Bertz CT molecular complexity index is 1020. The third-order valence-corrected chi connectivity index (χ3v) is 4.17. The summed E-state index contributed by atoms with van der Waals surface area (Å²) in [6, 6.07) is 3.69. The Morgan fingerprint density at radius 1 is 1.27 bits per heavy atom. The second kappa shape index (κ2) is 6.63. The van der Waals surface area contributed by atoms with Crippen molar-refractivity contribution in [1.29, 1.82) is 0 Å². The first kappa shape index (κ1) is 18.2. The first-order chi connectivity index (χ1) is 12.2. The molecule has 0 bridgehead atoms. The maximum Gasteiger partial charge on any atom is 0.291 e. The van der Waals surface area contributed by atoms with E-state index in [1.807, 2.05) is 45.1 Å². The summed E-state index contributed by atoms with van der Waals surface area (Å²) in [6.07, 6.45) is 1.61. The molecule has 1 amide bonds. The molecule has 0 aliphatic heterocycles. The molecule has 0 saturated carbocycles. The molecule has 0 unspecified atom stereocenters. The van der Waals surface area contributed by atoms with E-state index in [2.05, 4.69) is 10.4 Å². The van der Waals surface area contributed by atoms with E-state index in [0.29, 0.717) is 36.9 Å². The predicted octanol–water partition coefficient (Wildman–Crippen LogP) is 2.81. The van der Waals surface area contributed by atoms with Crippen LogP contribution in [-0.2, 0) is 17.8 Å². The van der Waals surface area contributed by atoms with Gasteiger partial charge in [0.1, 0.15) is 17.1 Å². The van der Waals surface area contributed by atoms with Gasteiger partial charge < -0.3 is 9.73 Å². The van der Waals surface area contributed by atoms with Crippen molar-refractivity contribution >= 4 is 22.5 Å². The van der Waals surface area contributed by atoms with Crippen LogP contribution in [0.4, 0.5) is 0 Å². The second-order valence-electron chi connectivity index (χ2n) is 7.67. The number of rotatable bonds is 5. The van der Waals surface area contributed by atoms with E-state index in [9.17, 15) is 9.59 Å². The fourth-order valence-electron chi connectivity index (χ4n) is 3.16. The second-order valence-corrected chi connectivity index (χ2v) is 7.67. The quantitative estimate of drug-likeness (QED) is 0.760. The van der Waals surface area contributed by atoms with Gasteiger partial charge in [0.25, 0.3) is 5.56 Å². The zero-order chi connectivity index (χ0) is 19.1. The van der Waals surface area contributed by atoms with E-state index in [-0.39, 0.29) is 17.0 Å². The minimum Gasteiger partial charge on any atom is -0.460 e. The number of nitrogens with one attached hydrogen (secondary N) is 1. The Morgan fingerprint density at radius 3 is 2.65 bits per heavy atom. The maximum atomic E-state index is 12.8. The molecule has 3 heterocycles. The third-order valence-electron chi connectivity index (χ3n) is 4.17. The van der Waals surface area contributed by atoms with Crippen LogP contribution in [0.3, 0.4) is 0 Å². The van der Waals surface area contributed by atoms with E-state index in [1.165, 1.54) is 4.68 Å². The van der Waals surface area contributed by atoms with Crippen LogP contribution in [0.1, 0.15) is 52.1 Å². The zero-order valence-electron chi connectivity index (χ0n) is 16.0. The summed E-state index contributed by atoms with van der Waals surface area (Å²) in [4.78, 5) is 24.7. The summed E-state index contributed by atoms with van der Waals surface area (Å²) in [7, 11) is 0. The molecule has 0 fully saturated rings. The molecule has 0 aliphatic rings. The molecule has 0 atom stereocenters. The number of nitrogens with zero attached hydrogens (tertiary/aromatic N) is 3. The van der Waals surface area contributed by atoms with E-state index in [4.69, 9.17) is 4.42 Å². The van der Waals surface area contributed by atoms with Crippen molar-refractivity contribution in [2.45, 2.75) is 66.0 Å². The molecule has 3 aromatic rings. The van der Waals surface area contributed by atoms with Crippen LogP contribution in [-0.4, -0.2) is 25.6 Å². The van der Waals surface area contributed by atoms with Gasteiger partial charge in [0.05, 0.1) is 5.52 Å². The summed E-state index contributed by atoms with van der Waals surface area (Å²) in [5.74, 6) is 1.59. The van der Waals surface area contributed by atoms with Gasteiger partial charge in [-0.2, -0.15) is 5.10 Å². The zero-order valence-corrected chi connectivity index (χ0v) is 16.0. The fraction of sp³-hybridized carbons (Fsp3) is 0.526. The Kier molecular flexibility index (Phi) is 4.64. The molecular formula is C19H26N4O3. The lowest BCUT2D eigenvalue weighted by atomic mass is 10.1. The molecule has 1 N–H and O–H groups in total. The molecule has 3 rings (SSSR count). The van der Waals surface area contributed by atoms with E-state index in [1.54, 1.807) is 6.07 Å². The number of furan rings is 1. The van der Waals surface area contributed by atoms with Crippen LogP contribution in [0.15, 0.2) is 21.3 Å². The summed E-state index contributed by atoms with van der Waals surface area (Å²) < 4.78 is 8.99. The average molecular weight is 358 g/mol. The van der Waals surface area contributed by atoms with Crippen LogP contribution < -0.4 is 10.9 Å². The molecule has 7 heteroatoms. The highest BCUT2D eigenvalue weighted by molar-refractivity contribution is 5.83. The van der Waals surface area contributed by atoms with Gasteiger partial charge in [-0.3, -0.25) is 14.0 Å². The first-order valence-electron chi connectivity index (χ1n) is 9.02. The number of carbonyl (C=O) groups is 1. The molecule has 7 nitrogen and oxygen atoms in total. The lowest BCUT2D eigenvalue weighted by Crippen LogP contribution is -2.40. The van der Waals surface area contributed by atoms with Gasteiger partial charge in [0.15, 0.2) is 5.58 Å². The van der Waals surface area contributed by atoms with Crippen LogP contribution in [0.5, 0.6) is 0 Å². The Morgan fingerprint density at radius 2 is 2.00 bits per heavy atom. The average Bonchev–Trinajstić information content (AvgIpc) is 3.04. The number of fused-ring (bicyclic) bond motifs is 3. The molecule has 0 aromatic carbocycles. The largest absolute Gasteiger partial charge is 0.460 e. The number of aromatic nitrogens is 3. The topological polar surface area (TPSA) is 81.5 Å². The first-order valence-corrected chi connectivity index (χ1v) is 9.02. The monoisotopic (exact) mass is 358 g/mol. The summed E-state index contributed by atoms with van der Waals surface area (Å²) in [5, 5.41) is 7.44. The maximum absolute atomic E-state index is 12.8. The van der Waals surface area contributed by atoms with Gasteiger partial charge in [-0.15, -0.1) is 0 Å². The van der Waals surface area contributed by atoms with Crippen molar-refractivity contribution in [2.75, 3.05) is 0 Å². The predicted molar refractivity (Wildman–Crippen MR) is 100 cm³/mol. The summed E-state index contributed by atoms with van der Waals surface area (Å²) >= 11 is 0. The van der Waals surface area contributed by atoms with Crippen molar-refractivity contribution in [2.24, 2.45) is 0 Å².